The van der Waals surface area contributed by atoms with Gasteiger partial charge in [0, 0.05) is 17.5 Å². The highest BCUT2D eigenvalue weighted by Crippen LogP contribution is 2.32. The third kappa shape index (κ3) is 3.39. The van der Waals surface area contributed by atoms with Crippen molar-refractivity contribution in [2.24, 2.45) is 0 Å². The highest BCUT2D eigenvalue weighted by Gasteiger charge is 2.46. The molecule has 9 heteroatoms. The fourth-order valence-electron chi connectivity index (χ4n) is 2.65. The molecule has 1 heterocycles. The Morgan fingerprint density at radius 2 is 1.73 bits per heavy atom. The second kappa shape index (κ2) is 6.64. The molecule has 1 aliphatic rings. The molecule has 1 unspecified atom stereocenters. The highest BCUT2D eigenvalue weighted by atomic mass is 32.2. The van der Waals surface area contributed by atoms with Crippen LogP contribution in [-0.2, 0) is 9.84 Å². The Bertz CT molecular complexity index is 924. The zero-order valence-electron chi connectivity index (χ0n) is 13.3. The summed E-state index contributed by atoms with van der Waals surface area (Å²) in [6, 6.07) is 10.6. The van der Waals surface area contributed by atoms with Crippen LogP contribution in [0.25, 0.3) is 0 Å². The topological polar surface area (TPSA) is 72.5 Å². The second-order valence-corrected chi connectivity index (χ2v) is 7.62. The molecule has 26 heavy (non-hydrogen) atoms. The van der Waals surface area contributed by atoms with Crippen LogP contribution in [0.15, 0.2) is 53.4 Å². The molecule has 0 radical (unpaired) electrons. The quantitative estimate of drug-likeness (QED) is 0.881. The zero-order valence-corrected chi connectivity index (χ0v) is 14.1. The largest absolute Gasteiger partial charge is 0.501 e. The maximum Gasteiger partial charge on any atom is 0.501 e. The van der Waals surface area contributed by atoms with Crippen molar-refractivity contribution < 1.29 is 31.1 Å². The van der Waals surface area contributed by atoms with Crippen molar-refractivity contribution in [2.75, 3.05) is 6.61 Å². The summed E-state index contributed by atoms with van der Waals surface area (Å²) in [4.78, 5) is 11.5. The van der Waals surface area contributed by atoms with Gasteiger partial charge >= 0.3 is 5.51 Å². The molecular weight excluding hydrogens is 371 g/mol. The van der Waals surface area contributed by atoms with Gasteiger partial charge in [0.05, 0.1) is 17.5 Å². The number of para-hydroxylation sites is 1. The number of rotatable bonds is 3. The van der Waals surface area contributed by atoms with Crippen molar-refractivity contribution >= 4 is 15.7 Å². The molecule has 0 fully saturated rings. The Hall–Kier alpha value is -2.55. The molecule has 0 bridgehead atoms. The maximum atomic E-state index is 12.5. The molecule has 5 nitrogen and oxygen atoms in total. The molecule has 0 spiro atoms. The lowest BCUT2D eigenvalue weighted by molar-refractivity contribution is -0.0436. The predicted molar refractivity (Wildman–Crippen MR) is 86.4 cm³/mol. The van der Waals surface area contributed by atoms with E-state index in [9.17, 15) is 26.4 Å². The molecule has 0 saturated heterocycles. The van der Waals surface area contributed by atoms with E-state index in [1.807, 2.05) is 18.2 Å². The Morgan fingerprint density at radius 3 is 2.38 bits per heavy atom. The van der Waals surface area contributed by atoms with E-state index < -0.39 is 26.1 Å². The standard InChI is InChI=1S/C17H14F3NO4S/c18-17(19,20)26(23,24)12-7-5-11(6-8-12)16(22)21-14-9-10-25-15-4-2-1-3-13(14)15/h1-8,14H,9-10H2,(H,21,22). The number of benzene rings is 2. The van der Waals surface area contributed by atoms with Crippen LogP contribution in [0, 0.1) is 0 Å². The zero-order chi connectivity index (χ0) is 18.9. The SMILES string of the molecule is O=C(NC1CCOc2ccccc21)c1ccc(S(=O)(=O)C(F)(F)F)cc1. The number of nitrogens with one attached hydrogen (secondary N) is 1. The number of ether oxygens (including phenoxy) is 1. The maximum absolute atomic E-state index is 12.5. The molecule has 3 rings (SSSR count). The van der Waals surface area contributed by atoms with E-state index in [-0.39, 0.29) is 11.6 Å². The van der Waals surface area contributed by atoms with Gasteiger partial charge in [0.25, 0.3) is 15.7 Å². The number of carbonyl (C=O) groups is 1. The molecule has 1 amide bonds. The first-order chi connectivity index (χ1) is 12.2. The molecule has 0 saturated carbocycles. The number of halogens is 3. The Balaban J connectivity index is 1.78. The molecule has 1 N–H and O–H groups in total. The van der Waals surface area contributed by atoms with Gasteiger partial charge in [-0.15, -0.1) is 0 Å². The van der Waals surface area contributed by atoms with Crippen LogP contribution < -0.4 is 10.1 Å². The normalized spacial score (nSPS) is 17.1. The minimum Gasteiger partial charge on any atom is -0.493 e. The first-order valence-electron chi connectivity index (χ1n) is 7.64. The van der Waals surface area contributed by atoms with Gasteiger partial charge in [-0.2, -0.15) is 13.2 Å². The summed E-state index contributed by atoms with van der Waals surface area (Å²) in [6.07, 6.45) is 0.545. The van der Waals surface area contributed by atoms with Crippen LogP contribution in [0.1, 0.15) is 28.4 Å². The molecule has 0 aliphatic carbocycles. The number of amides is 1. The monoisotopic (exact) mass is 385 g/mol. The van der Waals surface area contributed by atoms with Crippen molar-refractivity contribution in [2.45, 2.75) is 22.9 Å². The average Bonchev–Trinajstić information content (AvgIpc) is 2.61. The second-order valence-electron chi connectivity index (χ2n) is 5.67. The number of hydrogen-bond acceptors (Lipinski definition) is 4. The van der Waals surface area contributed by atoms with E-state index in [2.05, 4.69) is 5.32 Å². The van der Waals surface area contributed by atoms with Crippen LogP contribution in [0.2, 0.25) is 0 Å². The van der Waals surface area contributed by atoms with Gasteiger partial charge in [-0.3, -0.25) is 4.79 Å². The fraction of sp³-hybridized carbons (Fsp3) is 0.235. The van der Waals surface area contributed by atoms with Gasteiger partial charge in [0.15, 0.2) is 0 Å². The summed E-state index contributed by atoms with van der Waals surface area (Å²) in [5.74, 6) is 0.151. The third-order valence-electron chi connectivity index (χ3n) is 4.00. The summed E-state index contributed by atoms with van der Waals surface area (Å²) >= 11 is 0. The molecule has 1 aliphatic heterocycles. The number of alkyl halides is 3. The predicted octanol–water partition coefficient (Wildman–Crippen LogP) is 3.23. The van der Waals surface area contributed by atoms with Crippen LogP contribution >= 0.6 is 0 Å². The lowest BCUT2D eigenvalue weighted by Gasteiger charge is -2.26. The van der Waals surface area contributed by atoms with Crippen LogP contribution in [0.3, 0.4) is 0 Å². The van der Waals surface area contributed by atoms with Crippen LogP contribution in [0.4, 0.5) is 13.2 Å². The van der Waals surface area contributed by atoms with Crippen molar-refractivity contribution in [3.63, 3.8) is 0 Å². The summed E-state index contributed by atoms with van der Waals surface area (Å²) in [7, 11) is -5.43. The summed E-state index contributed by atoms with van der Waals surface area (Å²) < 4.78 is 65.8. The Morgan fingerprint density at radius 1 is 1.08 bits per heavy atom. The minimum absolute atomic E-state index is 0.0649. The number of hydrogen-bond donors (Lipinski definition) is 1. The molecule has 2 aromatic carbocycles. The lowest BCUT2D eigenvalue weighted by Crippen LogP contribution is -2.32. The van der Waals surface area contributed by atoms with Gasteiger partial charge in [-0.05, 0) is 30.3 Å². The van der Waals surface area contributed by atoms with Crippen molar-refractivity contribution in [3.8, 4) is 5.75 Å². The Labute approximate surface area is 147 Å². The molecule has 138 valence electrons. The van der Waals surface area contributed by atoms with E-state index in [1.54, 1.807) is 6.07 Å². The van der Waals surface area contributed by atoms with E-state index >= 15 is 0 Å². The van der Waals surface area contributed by atoms with Gasteiger partial charge in [-0.1, -0.05) is 18.2 Å². The summed E-state index contributed by atoms with van der Waals surface area (Å²) in [6.45, 7) is 0.421. The van der Waals surface area contributed by atoms with E-state index in [1.165, 1.54) is 0 Å². The molecule has 1 atom stereocenters. The van der Waals surface area contributed by atoms with Crippen molar-refractivity contribution in [3.05, 3.63) is 59.7 Å². The number of carbonyl (C=O) groups excluding carboxylic acids is 1. The minimum atomic E-state index is -5.43. The molecule has 2 aromatic rings. The average molecular weight is 385 g/mol. The van der Waals surface area contributed by atoms with Crippen LogP contribution in [0.5, 0.6) is 5.75 Å². The fourth-order valence-corrected chi connectivity index (χ4v) is 3.41. The highest BCUT2D eigenvalue weighted by molar-refractivity contribution is 7.92. The van der Waals surface area contributed by atoms with E-state index in [0.29, 0.717) is 18.8 Å². The summed E-state index contributed by atoms with van der Waals surface area (Å²) in [5, 5.41) is 2.79. The molecular formula is C17H14F3NO4S. The lowest BCUT2D eigenvalue weighted by atomic mass is 10.00. The first kappa shape index (κ1) is 18.2. The van der Waals surface area contributed by atoms with Gasteiger partial charge in [0.2, 0.25) is 0 Å². The third-order valence-corrected chi connectivity index (χ3v) is 5.50. The van der Waals surface area contributed by atoms with E-state index in [0.717, 1.165) is 29.8 Å². The number of fused-ring (bicyclic) bond motifs is 1. The van der Waals surface area contributed by atoms with E-state index in [4.69, 9.17) is 4.74 Å². The summed E-state index contributed by atoms with van der Waals surface area (Å²) in [5.41, 5.74) is -4.51. The smallest absolute Gasteiger partial charge is 0.493 e. The van der Waals surface area contributed by atoms with Crippen LogP contribution in [-0.4, -0.2) is 26.4 Å². The Kier molecular flexibility index (Phi) is 4.66. The van der Waals surface area contributed by atoms with Crippen molar-refractivity contribution in [1.29, 1.82) is 0 Å². The van der Waals surface area contributed by atoms with Gasteiger partial charge in [-0.25, -0.2) is 8.42 Å². The van der Waals surface area contributed by atoms with Gasteiger partial charge < -0.3 is 10.1 Å². The van der Waals surface area contributed by atoms with Gasteiger partial charge in [0.1, 0.15) is 5.75 Å². The molecule has 0 aromatic heterocycles. The first-order valence-corrected chi connectivity index (χ1v) is 9.12. The number of sulfone groups is 1. The van der Waals surface area contributed by atoms with Crippen molar-refractivity contribution in [1.82, 2.24) is 5.32 Å².